The zero-order valence-corrected chi connectivity index (χ0v) is 13.3. The number of nitrogens with one attached hydrogen (secondary N) is 1. The van der Waals surface area contributed by atoms with E-state index in [0.29, 0.717) is 12.5 Å². The van der Waals surface area contributed by atoms with Crippen molar-refractivity contribution in [1.29, 1.82) is 0 Å². The quantitative estimate of drug-likeness (QED) is 0.803. The largest absolute Gasteiger partial charge is 0.468 e. The Kier molecular flexibility index (Phi) is 4.69. The zero-order chi connectivity index (χ0) is 15.6. The first-order valence-electron chi connectivity index (χ1n) is 7.57. The van der Waals surface area contributed by atoms with Crippen LogP contribution in [0.4, 0.5) is 0 Å². The zero-order valence-electron chi connectivity index (χ0n) is 13.3. The van der Waals surface area contributed by atoms with Crippen LogP contribution in [0.25, 0.3) is 0 Å². The van der Waals surface area contributed by atoms with Crippen LogP contribution in [0.15, 0.2) is 30.3 Å². The molecule has 1 fully saturated rings. The lowest BCUT2D eigenvalue weighted by Crippen LogP contribution is -3.15. The normalized spacial score (nSPS) is 34.2. The van der Waals surface area contributed by atoms with E-state index in [4.69, 9.17) is 4.74 Å². The number of hydrogen-bond donors (Lipinski definition) is 2. The molecule has 1 aliphatic rings. The van der Waals surface area contributed by atoms with Crippen LogP contribution in [-0.2, 0) is 9.53 Å². The third-order valence-electron chi connectivity index (χ3n) is 5.03. The predicted molar refractivity (Wildman–Crippen MR) is 81.1 cm³/mol. The summed E-state index contributed by atoms with van der Waals surface area (Å²) in [6.45, 7) is 4.98. The van der Waals surface area contributed by atoms with Gasteiger partial charge in [-0.15, -0.1) is 0 Å². The second kappa shape index (κ2) is 6.16. The maximum absolute atomic E-state index is 12.4. The van der Waals surface area contributed by atoms with Crippen LogP contribution < -0.4 is 4.90 Å². The van der Waals surface area contributed by atoms with E-state index in [1.807, 2.05) is 37.3 Å². The van der Waals surface area contributed by atoms with Crippen molar-refractivity contribution in [3.63, 3.8) is 0 Å². The summed E-state index contributed by atoms with van der Waals surface area (Å²) in [5.41, 5.74) is -0.238. The third-order valence-corrected chi connectivity index (χ3v) is 5.03. The Labute approximate surface area is 126 Å². The van der Waals surface area contributed by atoms with E-state index in [9.17, 15) is 9.90 Å². The molecule has 0 saturated carbocycles. The number of likely N-dealkylation sites (tertiary alicyclic amines) is 1. The van der Waals surface area contributed by atoms with Gasteiger partial charge in [-0.1, -0.05) is 37.3 Å². The van der Waals surface area contributed by atoms with Crippen LogP contribution in [0.5, 0.6) is 0 Å². The number of hydrogen-bond acceptors (Lipinski definition) is 3. The van der Waals surface area contributed by atoms with Crippen molar-refractivity contribution >= 4 is 5.97 Å². The van der Waals surface area contributed by atoms with E-state index in [1.54, 1.807) is 0 Å². The first kappa shape index (κ1) is 16.0. The van der Waals surface area contributed by atoms with Crippen LogP contribution in [0, 0.1) is 5.92 Å². The summed E-state index contributed by atoms with van der Waals surface area (Å²) in [6, 6.07) is 9.78. The monoisotopic (exact) mass is 292 g/mol. The topological polar surface area (TPSA) is 51.0 Å². The molecule has 2 N–H and O–H groups in total. The summed E-state index contributed by atoms with van der Waals surface area (Å²) in [5.74, 6) is -0.963. The van der Waals surface area contributed by atoms with Crippen molar-refractivity contribution in [3.8, 4) is 0 Å². The Morgan fingerprint density at radius 2 is 2.00 bits per heavy atom. The molecule has 0 aromatic heterocycles. The Bertz CT molecular complexity index is 490. The van der Waals surface area contributed by atoms with Crippen LogP contribution >= 0.6 is 0 Å². The van der Waals surface area contributed by atoms with Crippen LogP contribution in [-0.4, -0.2) is 43.4 Å². The molecule has 1 heterocycles. The second-order valence-electron chi connectivity index (χ2n) is 6.41. The molecule has 21 heavy (non-hydrogen) atoms. The molecule has 0 spiro atoms. The smallest absolute Gasteiger partial charge is 0.316 e. The van der Waals surface area contributed by atoms with Gasteiger partial charge in [0.05, 0.1) is 32.3 Å². The lowest BCUT2D eigenvalue weighted by atomic mass is 9.68. The summed E-state index contributed by atoms with van der Waals surface area (Å²) in [4.78, 5) is 13.8. The lowest BCUT2D eigenvalue weighted by Gasteiger charge is -2.46. The second-order valence-corrected chi connectivity index (χ2v) is 6.41. The van der Waals surface area contributed by atoms with Crippen LogP contribution in [0.3, 0.4) is 0 Å². The van der Waals surface area contributed by atoms with Gasteiger partial charge >= 0.3 is 5.97 Å². The highest BCUT2D eigenvalue weighted by Crippen LogP contribution is 2.39. The van der Waals surface area contributed by atoms with E-state index in [-0.39, 0.29) is 11.9 Å². The third kappa shape index (κ3) is 2.97. The molecule has 1 aromatic carbocycles. The Hall–Kier alpha value is -1.39. The van der Waals surface area contributed by atoms with E-state index in [0.717, 1.165) is 12.1 Å². The molecular weight excluding hydrogens is 266 g/mol. The van der Waals surface area contributed by atoms with Gasteiger partial charge in [0, 0.05) is 12.3 Å². The van der Waals surface area contributed by atoms with E-state index in [2.05, 4.69) is 14.0 Å². The van der Waals surface area contributed by atoms with Crippen molar-refractivity contribution in [2.24, 2.45) is 5.92 Å². The maximum Gasteiger partial charge on any atom is 0.316 e. The molecule has 4 heteroatoms. The molecule has 116 valence electrons. The maximum atomic E-state index is 12.4. The minimum Gasteiger partial charge on any atom is -0.468 e. The van der Waals surface area contributed by atoms with Gasteiger partial charge in [-0.05, 0) is 12.5 Å². The molecule has 1 aromatic rings. The summed E-state index contributed by atoms with van der Waals surface area (Å²) >= 11 is 0. The molecule has 1 unspecified atom stereocenters. The number of rotatable bonds is 3. The van der Waals surface area contributed by atoms with Gasteiger partial charge in [0.25, 0.3) is 0 Å². The van der Waals surface area contributed by atoms with Gasteiger partial charge in [0.1, 0.15) is 5.92 Å². The molecule has 5 atom stereocenters. The predicted octanol–water partition coefficient (Wildman–Crippen LogP) is 0.617. The fourth-order valence-corrected chi connectivity index (χ4v) is 3.52. The number of esters is 1. The number of carbonyl (C=O) groups excluding carboxylic acids is 1. The highest BCUT2D eigenvalue weighted by atomic mass is 16.5. The molecule has 0 radical (unpaired) electrons. The van der Waals surface area contributed by atoms with Crippen molar-refractivity contribution in [2.45, 2.75) is 37.8 Å². The molecule has 0 bridgehead atoms. The Balaban J connectivity index is 2.42. The molecule has 4 nitrogen and oxygen atoms in total. The van der Waals surface area contributed by atoms with Crippen LogP contribution in [0.2, 0.25) is 0 Å². The standard InChI is InChI=1S/C17H25NO3/c1-12-11-18(3)13(2)10-17(12,20)15(16(19)21-4)14-8-6-5-7-9-14/h5-9,12-13,15,20H,10-11H2,1-4H3/p+1/t12-,13+,15+,17+/m1/s1. The molecular formula is C17H26NO3+. The van der Waals surface area contributed by atoms with Gasteiger partial charge in [-0.3, -0.25) is 4.79 Å². The van der Waals surface area contributed by atoms with E-state index >= 15 is 0 Å². The fourth-order valence-electron chi connectivity index (χ4n) is 3.52. The molecule has 0 aliphatic carbocycles. The number of benzene rings is 1. The molecule has 1 saturated heterocycles. The number of carbonyl (C=O) groups is 1. The summed E-state index contributed by atoms with van der Waals surface area (Å²) in [6.07, 6.45) is 0.592. The molecule has 2 rings (SSSR count). The number of aliphatic hydroxyl groups is 1. The number of ether oxygens (including phenoxy) is 1. The van der Waals surface area contributed by atoms with Crippen molar-refractivity contribution in [1.82, 2.24) is 0 Å². The summed E-state index contributed by atoms with van der Waals surface area (Å²) in [7, 11) is 3.52. The first-order chi connectivity index (χ1) is 9.90. The van der Waals surface area contributed by atoms with Gasteiger partial charge in [-0.2, -0.15) is 0 Å². The average molecular weight is 292 g/mol. The van der Waals surface area contributed by atoms with Gasteiger partial charge in [0.2, 0.25) is 0 Å². The minimum atomic E-state index is -1.06. The van der Waals surface area contributed by atoms with Gasteiger partial charge in [-0.25, -0.2) is 0 Å². The minimum absolute atomic E-state index is 0.0259. The number of piperidine rings is 1. The Morgan fingerprint density at radius 3 is 2.57 bits per heavy atom. The van der Waals surface area contributed by atoms with Gasteiger partial charge < -0.3 is 14.7 Å². The highest BCUT2D eigenvalue weighted by Gasteiger charge is 2.52. The SMILES string of the molecule is COC(=O)[C@H](c1ccccc1)[C@]1(O)C[C@H](C)[NH+](C)C[C@H]1C. The van der Waals surface area contributed by atoms with E-state index < -0.39 is 11.5 Å². The number of methoxy groups -OCH3 is 1. The lowest BCUT2D eigenvalue weighted by molar-refractivity contribution is -0.916. The average Bonchev–Trinajstić information content (AvgIpc) is 2.46. The fraction of sp³-hybridized carbons (Fsp3) is 0.588. The molecule has 0 amide bonds. The summed E-state index contributed by atoms with van der Waals surface area (Å²) in [5, 5.41) is 11.3. The van der Waals surface area contributed by atoms with Crippen molar-refractivity contribution < 1.29 is 19.5 Å². The van der Waals surface area contributed by atoms with Crippen molar-refractivity contribution in [2.75, 3.05) is 20.7 Å². The first-order valence-corrected chi connectivity index (χ1v) is 7.57. The van der Waals surface area contributed by atoms with E-state index in [1.165, 1.54) is 12.0 Å². The molecule has 1 aliphatic heterocycles. The van der Waals surface area contributed by atoms with Crippen LogP contribution in [0.1, 0.15) is 31.7 Å². The summed E-state index contributed by atoms with van der Waals surface area (Å²) < 4.78 is 4.99. The van der Waals surface area contributed by atoms with Gasteiger partial charge in [0.15, 0.2) is 0 Å². The number of quaternary nitrogens is 1. The highest BCUT2D eigenvalue weighted by molar-refractivity contribution is 5.79. The Morgan fingerprint density at radius 1 is 1.38 bits per heavy atom. The van der Waals surface area contributed by atoms with Crippen molar-refractivity contribution in [3.05, 3.63) is 35.9 Å².